The van der Waals surface area contributed by atoms with Crippen molar-refractivity contribution in [1.29, 1.82) is 0 Å². The first-order valence-electron chi connectivity index (χ1n) is 9.64. The zero-order chi connectivity index (χ0) is 22.1. The molecule has 0 aliphatic carbocycles. The van der Waals surface area contributed by atoms with E-state index in [1.807, 2.05) is 19.1 Å². The molecule has 3 aromatic rings. The van der Waals surface area contributed by atoms with Crippen molar-refractivity contribution in [2.45, 2.75) is 17.6 Å². The maximum absolute atomic E-state index is 13.0. The molecule has 162 valence electrons. The van der Waals surface area contributed by atoms with Gasteiger partial charge in [0.2, 0.25) is 0 Å². The van der Waals surface area contributed by atoms with Crippen LogP contribution < -0.4 is 19.5 Å². The average Bonchev–Trinajstić information content (AvgIpc) is 2.79. The van der Waals surface area contributed by atoms with Gasteiger partial charge in [0, 0.05) is 16.7 Å². The summed E-state index contributed by atoms with van der Waals surface area (Å²) >= 11 is 1.52. The fourth-order valence-corrected chi connectivity index (χ4v) is 3.48. The normalized spacial score (nSPS) is 10.4. The van der Waals surface area contributed by atoms with Crippen LogP contribution in [0.4, 0.5) is 10.1 Å². The topological polar surface area (TPSA) is 69.7 Å². The fraction of sp³-hybridized carbons (Fsp3) is 0.217. The molecule has 1 heterocycles. The number of thioether (sulfide) groups is 1. The van der Waals surface area contributed by atoms with Crippen LogP contribution in [0.2, 0.25) is 0 Å². The van der Waals surface area contributed by atoms with Gasteiger partial charge in [-0.25, -0.2) is 4.39 Å². The zero-order valence-electron chi connectivity index (χ0n) is 17.3. The summed E-state index contributed by atoms with van der Waals surface area (Å²) in [7, 11) is 1.51. The van der Waals surface area contributed by atoms with Crippen LogP contribution in [0.15, 0.2) is 65.7 Å². The van der Waals surface area contributed by atoms with Crippen molar-refractivity contribution in [3.8, 4) is 17.2 Å². The van der Waals surface area contributed by atoms with Crippen molar-refractivity contribution in [2.24, 2.45) is 0 Å². The van der Waals surface area contributed by atoms with E-state index in [-0.39, 0.29) is 18.3 Å². The predicted molar refractivity (Wildman–Crippen MR) is 118 cm³/mol. The van der Waals surface area contributed by atoms with Gasteiger partial charge in [0.05, 0.1) is 31.3 Å². The summed E-state index contributed by atoms with van der Waals surface area (Å²) in [6.07, 6.45) is 1.55. The third-order valence-electron chi connectivity index (χ3n) is 4.13. The van der Waals surface area contributed by atoms with E-state index < -0.39 is 0 Å². The Balaban J connectivity index is 1.61. The second-order valence-electron chi connectivity index (χ2n) is 6.34. The first-order valence-corrected chi connectivity index (χ1v) is 10.6. The summed E-state index contributed by atoms with van der Waals surface area (Å²) < 4.78 is 29.5. The summed E-state index contributed by atoms with van der Waals surface area (Å²) in [4.78, 5) is 17.7. The third kappa shape index (κ3) is 6.62. The van der Waals surface area contributed by atoms with E-state index in [0.717, 1.165) is 10.6 Å². The molecule has 31 heavy (non-hydrogen) atoms. The Morgan fingerprint density at radius 1 is 1.06 bits per heavy atom. The van der Waals surface area contributed by atoms with Crippen LogP contribution in [0.5, 0.6) is 17.2 Å². The number of hydrogen-bond acceptors (Lipinski definition) is 6. The average molecular weight is 443 g/mol. The highest BCUT2D eigenvalue weighted by molar-refractivity contribution is 7.98. The van der Waals surface area contributed by atoms with Gasteiger partial charge >= 0.3 is 0 Å². The zero-order valence-corrected chi connectivity index (χ0v) is 18.1. The Morgan fingerprint density at radius 2 is 1.84 bits per heavy atom. The van der Waals surface area contributed by atoms with Crippen LogP contribution in [0.3, 0.4) is 0 Å². The number of carbonyl (C=O) groups is 1. The number of hydrogen-bond donors (Lipinski definition) is 1. The Bertz CT molecular complexity index is 1010. The number of para-hydroxylation sites is 2. The summed E-state index contributed by atoms with van der Waals surface area (Å²) in [6.45, 7) is 2.17. The fourth-order valence-electron chi connectivity index (χ4n) is 2.68. The number of ether oxygens (including phenoxy) is 3. The van der Waals surface area contributed by atoms with E-state index in [9.17, 15) is 9.18 Å². The lowest BCUT2D eigenvalue weighted by Gasteiger charge is -2.13. The first kappa shape index (κ1) is 22.4. The van der Waals surface area contributed by atoms with Gasteiger partial charge in [0.15, 0.2) is 18.1 Å². The number of nitrogens with zero attached hydrogens (tertiary/aromatic N) is 1. The lowest BCUT2D eigenvalue weighted by Crippen LogP contribution is -2.21. The first-order chi connectivity index (χ1) is 15.1. The van der Waals surface area contributed by atoms with Gasteiger partial charge in [0.1, 0.15) is 11.6 Å². The molecule has 1 amide bonds. The molecular formula is C23H23FN2O4S. The van der Waals surface area contributed by atoms with Gasteiger partial charge in [-0.3, -0.25) is 9.78 Å². The van der Waals surface area contributed by atoms with E-state index in [2.05, 4.69) is 10.3 Å². The van der Waals surface area contributed by atoms with Crippen molar-refractivity contribution in [2.75, 3.05) is 25.6 Å². The molecule has 8 heteroatoms. The molecule has 3 rings (SSSR count). The van der Waals surface area contributed by atoms with E-state index in [0.29, 0.717) is 35.3 Å². The second kappa shape index (κ2) is 11.2. The van der Waals surface area contributed by atoms with E-state index in [4.69, 9.17) is 14.2 Å². The molecule has 0 fully saturated rings. The van der Waals surface area contributed by atoms with E-state index in [1.165, 1.54) is 31.0 Å². The maximum atomic E-state index is 13.0. The smallest absolute Gasteiger partial charge is 0.262 e. The predicted octanol–water partition coefficient (Wildman–Crippen LogP) is 4.94. The number of amides is 1. The van der Waals surface area contributed by atoms with Gasteiger partial charge in [-0.15, -0.1) is 11.8 Å². The maximum Gasteiger partial charge on any atom is 0.262 e. The van der Waals surface area contributed by atoms with Crippen molar-refractivity contribution in [3.63, 3.8) is 0 Å². The van der Waals surface area contributed by atoms with Crippen molar-refractivity contribution < 1.29 is 23.4 Å². The molecule has 0 radical (unpaired) electrons. The van der Waals surface area contributed by atoms with Crippen LogP contribution >= 0.6 is 11.8 Å². The van der Waals surface area contributed by atoms with Gasteiger partial charge in [-0.1, -0.05) is 12.1 Å². The van der Waals surface area contributed by atoms with Crippen molar-refractivity contribution >= 4 is 23.4 Å². The molecule has 0 unspecified atom stereocenters. The molecule has 6 nitrogen and oxygen atoms in total. The number of carbonyl (C=O) groups excluding carboxylic acids is 1. The van der Waals surface area contributed by atoms with Gasteiger partial charge in [0.25, 0.3) is 5.91 Å². The number of anilines is 1. The standard InChI is InChI=1S/C23H23FN2O4S/c1-3-29-20-7-5-4-6-19(20)26-23(27)14-30-21-12-17(25-13-22(21)28-2)15-31-18-10-8-16(24)9-11-18/h4-13H,3,14-15H2,1-2H3,(H,26,27). The highest BCUT2D eigenvalue weighted by Crippen LogP contribution is 2.30. The summed E-state index contributed by atoms with van der Waals surface area (Å²) in [5.41, 5.74) is 1.32. The van der Waals surface area contributed by atoms with Crippen LogP contribution in [-0.2, 0) is 10.5 Å². The molecule has 0 bridgehead atoms. The monoisotopic (exact) mass is 442 g/mol. The number of halogens is 1. The van der Waals surface area contributed by atoms with Gasteiger partial charge in [-0.2, -0.15) is 0 Å². The molecule has 0 saturated carbocycles. The molecule has 2 aromatic carbocycles. The van der Waals surface area contributed by atoms with Crippen molar-refractivity contribution in [3.05, 3.63) is 72.3 Å². The lowest BCUT2D eigenvalue weighted by molar-refractivity contribution is -0.118. The Morgan fingerprint density at radius 3 is 2.58 bits per heavy atom. The van der Waals surface area contributed by atoms with Crippen molar-refractivity contribution in [1.82, 2.24) is 4.98 Å². The number of pyridine rings is 1. The summed E-state index contributed by atoms with van der Waals surface area (Å²) in [5, 5.41) is 2.79. The minimum absolute atomic E-state index is 0.203. The number of benzene rings is 2. The second-order valence-corrected chi connectivity index (χ2v) is 7.38. The van der Waals surface area contributed by atoms with Gasteiger partial charge in [-0.05, 0) is 43.3 Å². The summed E-state index contributed by atoms with van der Waals surface area (Å²) in [5.74, 6) is 1.40. The van der Waals surface area contributed by atoms with Crippen LogP contribution in [-0.4, -0.2) is 31.2 Å². The molecule has 0 atom stereocenters. The minimum Gasteiger partial charge on any atom is -0.492 e. The molecule has 0 aliphatic heterocycles. The van der Waals surface area contributed by atoms with E-state index >= 15 is 0 Å². The third-order valence-corrected chi connectivity index (χ3v) is 5.17. The highest BCUT2D eigenvalue weighted by atomic mass is 32.2. The van der Waals surface area contributed by atoms with Gasteiger partial charge < -0.3 is 19.5 Å². The summed E-state index contributed by atoms with van der Waals surface area (Å²) in [6, 6.07) is 15.2. The minimum atomic E-state index is -0.326. The molecule has 1 aromatic heterocycles. The largest absolute Gasteiger partial charge is 0.492 e. The van der Waals surface area contributed by atoms with E-state index in [1.54, 1.807) is 36.5 Å². The number of aromatic nitrogens is 1. The van der Waals surface area contributed by atoms with Crippen LogP contribution in [0.1, 0.15) is 12.6 Å². The molecular weight excluding hydrogens is 419 g/mol. The molecule has 0 saturated heterocycles. The Labute approximate surface area is 184 Å². The number of methoxy groups -OCH3 is 1. The van der Waals surface area contributed by atoms with Crippen LogP contribution in [0.25, 0.3) is 0 Å². The SMILES string of the molecule is CCOc1ccccc1NC(=O)COc1cc(CSc2ccc(F)cc2)ncc1OC. The highest BCUT2D eigenvalue weighted by Gasteiger charge is 2.12. The quantitative estimate of drug-likeness (QED) is 0.449. The molecule has 1 N–H and O–H groups in total. The molecule has 0 spiro atoms. The molecule has 0 aliphatic rings. The van der Waals surface area contributed by atoms with Crippen LogP contribution in [0, 0.1) is 5.82 Å². The number of rotatable bonds is 10. The lowest BCUT2D eigenvalue weighted by atomic mass is 10.3. The Hall–Kier alpha value is -3.26. The Kier molecular flexibility index (Phi) is 8.12. The number of nitrogens with one attached hydrogen (secondary N) is 1.